The topological polar surface area (TPSA) is 62.2 Å². The molecule has 0 saturated carbocycles. The molecule has 3 rings (SSSR count). The molecule has 1 amide bonds. The van der Waals surface area contributed by atoms with Crippen LogP contribution in [0.3, 0.4) is 0 Å². The van der Waals surface area contributed by atoms with Crippen molar-refractivity contribution in [1.29, 1.82) is 0 Å². The molecule has 1 aromatic carbocycles. The van der Waals surface area contributed by atoms with Gasteiger partial charge in [-0.3, -0.25) is 9.80 Å². The van der Waals surface area contributed by atoms with E-state index in [-0.39, 0.29) is 18.2 Å². The number of aliphatic hydroxyl groups excluding tert-OH is 1. The van der Waals surface area contributed by atoms with Gasteiger partial charge in [-0.15, -0.1) is 0 Å². The van der Waals surface area contributed by atoms with Crippen LogP contribution in [0.2, 0.25) is 0 Å². The lowest BCUT2D eigenvalue weighted by atomic mass is 9.93. The average Bonchev–Trinajstić information content (AvgIpc) is 2.53. The zero-order valence-electron chi connectivity index (χ0n) is 15.4. The van der Waals surface area contributed by atoms with E-state index in [1.54, 1.807) is 4.90 Å². The molecule has 6 nitrogen and oxygen atoms in total. The Morgan fingerprint density at radius 3 is 2.68 bits per heavy atom. The molecule has 1 fully saturated rings. The lowest BCUT2D eigenvalue weighted by Gasteiger charge is -2.45. The second-order valence-electron chi connectivity index (χ2n) is 7.84. The van der Waals surface area contributed by atoms with Crippen LogP contribution < -0.4 is 4.90 Å². The molecule has 0 aliphatic carbocycles. The molecule has 0 bridgehead atoms. The fourth-order valence-electron chi connectivity index (χ4n) is 3.53. The molecule has 0 unspecified atom stereocenters. The van der Waals surface area contributed by atoms with Crippen LogP contribution in [0.5, 0.6) is 0 Å². The molecule has 6 heteroatoms. The van der Waals surface area contributed by atoms with Gasteiger partial charge in [0.05, 0.1) is 30.5 Å². The maximum absolute atomic E-state index is 12.8. The summed E-state index contributed by atoms with van der Waals surface area (Å²) in [6.07, 6.45) is -0.897. The molecule has 2 heterocycles. The third-order valence-corrected chi connectivity index (χ3v) is 4.64. The highest BCUT2D eigenvalue weighted by Crippen LogP contribution is 2.37. The van der Waals surface area contributed by atoms with E-state index >= 15 is 0 Å². The summed E-state index contributed by atoms with van der Waals surface area (Å²) >= 11 is 0. The smallest absolute Gasteiger partial charge is 0.414 e. The lowest BCUT2D eigenvalue weighted by molar-refractivity contribution is -0.0582. The second kappa shape index (κ2) is 6.94. The molecule has 1 aromatic rings. The summed E-state index contributed by atoms with van der Waals surface area (Å²) in [6, 6.07) is 7.34. The number of anilines is 1. The van der Waals surface area contributed by atoms with E-state index in [4.69, 9.17) is 9.47 Å². The van der Waals surface area contributed by atoms with Crippen molar-refractivity contribution in [1.82, 2.24) is 4.90 Å². The van der Waals surface area contributed by atoms with Crippen LogP contribution in [0.4, 0.5) is 10.5 Å². The number of fused-ring (bicyclic) bond motifs is 1. The van der Waals surface area contributed by atoms with E-state index in [9.17, 15) is 9.90 Å². The molecule has 25 heavy (non-hydrogen) atoms. The minimum Gasteiger partial charge on any atom is -0.443 e. The standard InChI is InChI=1S/C19H28N2O4/c1-13-11-20(9-10-24-13)16-12-21(18(23)25-19(2,3)4)15-8-6-5-7-14(15)17(16)22/h5-8,13,16-17,22H,9-12H2,1-4H3/t13-,16+,17+/m1/s1. The maximum Gasteiger partial charge on any atom is 0.414 e. The summed E-state index contributed by atoms with van der Waals surface area (Å²) in [5.74, 6) is 0. The van der Waals surface area contributed by atoms with Crippen LogP contribution in [0.15, 0.2) is 24.3 Å². The molecular formula is C19H28N2O4. The second-order valence-corrected chi connectivity index (χ2v) is 7.84. The Labute approximate surface area is 149 Å². The van der Waals surface area contributed by atoms with Crippen LogP contribution in [0, 0.1) is 0 Å². The minimum atomic E-state index is -0.639. The summed E-state index contributed by atoms with van der Waals surface area (Å²) in [4.78, 5) is 16.6. The van der Waals surface area contributed by atoms with E-state index in [0.717, 1.165) is 24.3 Å². The fraction of sp³-hybridized carbons (Fsp3) is 0.632. The number of aliphatic hydroxyl groups is 1. The number of rotatable bonds is 1. The number of nitrogens with zero attached hydrogens (tertiary/aromatic N) is 2. The first kappa shape index (κ1) is 18.2. The van der Waals surface area contributed by atoms with Gasteiger partial charge in [-0.05, 0) is 33.8 Å². The summed E-state index contributed by atoms with van der Waals surface area (Å²) in [7, 11) is 0. The predicted octanol–water partition coefficient (Wildman–Crippen LogP) is 2.56. The van der Waals surface area contributed by atoms with Gasteiger partial charge in [0.1, 0.15) is 5.60 Å². The molecule has 0 aromatic heterocycles. The first-order chi connectivity index (χ1) is 11.8. The summed E-state index contributed by atoms with van der Waals surface area (Å²) in [5, 5.41) is 10.9. The first-order valence-electron chi connectivity index (χ1n) is 8.89. The maximum atomic E-state index is 12.8. The van der Waals surface area contributed by atoms with Crippen molar-refractivity contribution in [3.05, 3.63) is 29.8 Å². The number of carbonyl (C=O) groups excluding carboxylic acids is 1. The Morgan fingerprint density at radius 1 is 1.28 bits per heavy atom. The molecule has 1 N–H and O–H groups in total. The molecule has 0 radical (unpaired) electrons. The van der Waals surface area contributed by atoms with Crippen molar-refractivity contribution >= 4 is 11.8 Å². The van der Waals surface area contributed by atoms with Crippen molar-refractivity contribution in [2.24, 2.45) is 0 Å². The van der Waals surface area contributed by atoms with Gasteiger partial charge in [-0.25, -0.2) is 4.79 Å². The van der Waals surface area contributed by atoms with Gasteiger partial charge >= 0.3 is 6.09 Å². The average molecular weight is 348 g/mol. The van der Waals surface area contributed by atoms with Gasteiger partial charge < -0.3 is 14.6 Å². The quantitative estimate of drug-likeness (QED) is 0.845. The molecule has 2 aliphatic heterocycles. The largest absolute Gasteiger partial charge is 0.443 e. The number of hydrogen-bond acceptors (Lipinski definition) is 5. The number of amides is 1. The Kier molecular flexibility index (Phi) is 5.04. The zero-order valence-corrected chi connectivity index (χ0v) is 15.4. The lowest BCUT2D eigenvalue weighted by Crippen LogP contribution is -2.56. The Balaban J connectivity index is 1.90. The highest BCUT2D eigenvalue weighted by atomic mass is 16.6. The van der Waals surface area contributed by atoms with Gasteiger partial charge in [-0.2, -0.15) is 0 Å². The third kappa shape index (κ3) is 3.97. The van der Waals surface area contributed by atoms with Crippen LogP contribution in [-0.2, 0) is 9.47 Å². The van der Waals surface area contributed by atoms with Crippen LogP contribution in [0.25, 0.3) is 0 Å². The number of hydrogen-bond donors (Lipinski definition) is 1. The number of para-hydroxylation sites is 1. The number of benzene rings is 1. The van der Waals surface area contributed by atoms with Gasteiger partial charge in [0.25, 0.3) is 0 Å². The highest BCUT2D eigenvalue weighted by Gasteiger charge is 2.40. The fourth-order valence-corrected chi connectivity index (χ4v) is 3.53. The van der Waals surface area contributed by atoms with Crippen molar-refractivity contribution < 1.29 is 19.4 Å². The van der Waals surface area contributed by atoms with E-state index in [0.29, 0.717) is 13.2 Å². The van der Waals surface area contributed by atoms with Crippen LogP contribution in [-0.4, -0.2) is 60.1 Å². The highest BCUT2D eigenvalue weighted by molar-refractivity contribution is 5.90. The van der Waals surface area contributed by atoms with Gasteiger partial charge in [-0.1, -0.05) is 18.2 Å². The van der Waals surface area contributed by atoms with Crippen molar-refractivity contribution in [2.45, 2.75) is 51.5 Å². The molecule has 138 valence electrons. The zero-order chi connectivity index (χ0) is 18.2. The third-order valence-electron chi connectivity index (χ3n) is 4.64. The summed E-state index contributed by atoms with van der Waals surface area (Å²) in [5.41, 5.74) is 0.927. The molecular weight excluding hydrogens is 320 g/mol. The monoisotopic (exact) mass is 348 g/mol. The predicted molar refractivity (Wildman–Crippen MR) is 95.8 cm³/mol. The molecule has 2 aliphatic rings. The Morgan fingerprint density at radius 2 is 2.00 bits per heavy atom. The van der Waals surface area contributed by atoms with E-state index in [1.165, 1.54) is 0 Å². The molecule has 0 spiro atoms. The summed E-state index contributed by atoms with van der Waals surface area (Å²) in [6.45, 7) is 10.1. The van der Waals surface area contributed by atoms with Gasteiger partial charge in [0, 0.05) is 25.2 Å². The normalized spacial score (nSPS) is 27.7. The van der Waals surface area contributed by atoms with Crippen LogP contribution >= 0.6 is 0 Å². The van der Waals surface area contributed by atoms with Crippen LogP contribution in [0.1, 0.15) is 39.4 Å². The van der Waals surface area contributed by atoms with Gasteiger partial charge in [0.2, 0.25) is 0 Å². The first-order valence-corrected chi connectivity index (χ1v) is 8.89. The SMILES string of the molecule is C[C@@H]1CN([C@H]2CN(C(=O)OC(C)(C)C)c3ccccc3[C@@H]2O)CCO1. The minimum absolute atomic E-state index is 0.119. The Bertz CT molecular complexity index is 628. The molecule has 3 atom stereocenters. The van der Waals surface area contributed by atoms with E-state index in [2.05, 4.69) is 4.90 Å². The number of morpholine rings is 1. The van der Waals surface area contributed by atoms with Gasteiger partial charge in [0.15, 0.2) is 0 Å². The Hall–Kier alpha value is -1.63. The number of carbonyl (C=O) groups is 1. The summed E-state index contributed by atoms with van der Waals surface area (Å²) < 4.78 is 11.2. The van der Waals surface area contributed by atoms with Crippen molar-refractivity contribution in [3.63, 3.8) is 0 Å². The van der Waals surface area contributed by atoms with Crippen molar-refractivity contribution in [3.8, 4) is 0 Å². The van der Waals surface area contributed by atoms with Crippen molar-refractivity contribution in [2.75, 3.05) is 31.1 Å². The number of ether oxygens (including phenoxy) is 2. The van der Waals surface area contributed by atoms with E-state index < -0.39 is 11.7 Å². The molecule has 1 saturated heterocycles. The van der Waals surface area contributed by atoms with E-state index in [1.807, 2.05) is 52.0 Å².